The number of hydrogen-bond donors (Lipinski definition) is 0. The molecular weight excluding hydrogens is 282 g/mol. The van der Waals surface area contributed by atoms with Crippen molar-refractivity contribution in [3.8, 4) is 5.69 Å². The first-order chi connectivity index (χ1) is 10.7. The molecule has 0 aliphatic rings. The minimum Gasteiger partial charge on any atom is -0.229 e. The van der Waals surface area contributed by atoms with E-state index in [1.165, 1.54) is 12.1 Å². The largest absolute Gasteiger partial charge is 0.250 e. The molecule has 0 saturated carbocycles. The average molecular weight is 301 g/mol. The van der Waals surface area contributed by atoms with Crippen LogP contribution in [-0.2, 0) is 6.54 Å². The molecule has 0 radical (unpaired) electrons. The van der Waals surface area contributed by atoms with E-state index in [4.69, 9.17) is 0 Å². The fourth-order valence-electron chi connectivity index (χ4n) is 2.75. The summed E-state index contributed by atoms with van der Waals surface area (Å²) < 4.78 is 31.2. The third-order valence-corrected chi connectivity index (χ3v) is 3.88. The van der Waals surface area contributed by atoms with Gasteiger partial charge in [-0.1, -0.05) is 25.5 Å². The molecule has 0 fully saturated rings. The van der Waals surface area contributed by atoms with E-state index in [1.54, 1.807) is 4.57 Å². The highest BCUT2D eigenvalue weighted by atomic mass is 19.1. The summed E-state index contributed by atoms with van der Waals surface area (Å²) in [7, 11) is 0. The van der Waals surface area contributed by atoms with Crippen molar-refractivity contribution in [2.75, 3.05) is 0 Å². The van der Waals surface area contributed by atoms with Crippen LogP contribution >= 0.6 is 0 Å². The highest BCUT2D eigenvalue weighted by Gasteiger charge is 2.19. The maximum absolute atomic E-state index is 14.1. The summed E-state index contributed by atoms with van der Waals surface area (Å²) in [6.07, 6.45) is 5.31. The molecule has 0 saturated heterocycles. The third kappa shape index (κ3) is 2.73. The van der Waals surface area contributed by atoms with Gasteiger partial charge in [-0.3, -0.25) is 0 Å². The Balaban J connectivity index is 2.09. The molecular formula is C18H19F2N2+. The summed E-state index contributed by atoms with van der Waals surface area (Å²) >= 11 is 0. The van der Waals surface area contributed by atoms with Gasteiger partial charge < -0.3 is 0 Å². The van der Waals surface area contributed by atoms with Crippen molar-refractivity contribution in [1.82, 2.24) is 4.57 Å². The number of nitrogens with zero attached hydrogens (tertiary/aromatic N) is 2. The lowest BCUT2D eigenvalue weighted by atomic mass is 10.2. The highest BCUT2D eigenvalue weighted by Crippen LogP contribution is 2.20. The van der Waals surface area contributed by atoms with Gasteiger partial charge in [0.15, 0.2) is 22.5 Å². The summed E-state index contributed by atoms with van der Waals surface area (Å²) in [5.41, 5.74) is 2.35. The molecule has 3 aromatic rings. The quantitative estimate of drug-likeness (QED) is 0.488. The van der Waals surface area contributed by atoms with Gasteiger partial charge in [0, 0.05) is 6.07 Å². The van der Waals surface area contributed by atoms with Gasteiger partial charge >= 0.3 is 0 Å². The number of fused-ring (bicyclic) bond motifs is 1. The van der Waals surface area contributed by atoms with Crippen LogP contribution in [0.3, 0.4) is 0 Å². The van der Waals surface area contributed by atoms with Crippen molar-refractivity contribution in [1.29, 1.82) is 0 Å². The lowest BCUT2D eigenvalue weighted by Gasteiger charge is -1.99. The Labute approximate surface area is 128 Å². The minimum absolute atomic E-state index is 0.367. The maximum Gasteiger partial charge on any atom is 0.250 e. The van der Waals surface area contributed by atoms with Crippen molar-refractivity contribution in [3.05, 3.63) is 60.4 Å². The first kappa shape index (κ1) is 14.7. The second-order valence-corrected chi connectivity index (χ2v) is 5.47. The number of benzene rings is 2. The molecule has 114 valence electrons. The van der Waals surface area contributed by atoms with Crippen LogP contribution in [0.2, 0.25) is 0 Å². The number of hydrogen-bond acceptors (Lipinski definition) is 0. The first-order valence-electron chi connectivity index (χ1n) is 7.65. The van der Waals surface area contributed by atoms with E-state index in [9.17, 15) is 8.78 Å². The standard InChI is InChI=1S/C18H19F2N2/c1-2-3-6-11-21-13-22(18-8-5-4-7-17(18)21)16-10-9-14(19)12-15(16)20/h4-5,7-10,12-13H,2-3,6,11H2,1H3/q+1. The summed E-state index contributed by atoms with van der Waals surface area (Å²) in [6.45, 7) is 3.06. The second kappa shape index (κ2) is 6.26. The van der Waals surface area contributed by atoms with E-state index in [0.717, 1.165) is 42.9 Å². The predicted molar refractivity (Wildman–Crippen MR) is 82.9 cm³/mol. The molecule has 0 atom stereocenters. The summed E-state index contributed by atoms with van der Waals surface area (Å²) in [5, 5.41) is 0. The minimum atomic E-state index is -0.562. The fourth-order valence-corrected chi connectivity index (χ4v) is 2.75. The lowest BCUT2D eigenvalue weighted by molar-refractivity contribution is -0.672. The van der Waals surface area contributed by atoms with Crippen molar-refractivity contribution in [2.24, 2.45) is 0 Å². The zero-order valence-electron chi connectivity index (χ0n) is 12.6. The fraction of sp³-hybridized carbons (Fsp3) is 0.278. The molecule has 1 heterocycles. The van der Waals surface area contributed by atoms with Crippen molar-refractivity contribution in [3.63, 3.8) is 0 Å². The second-order valence-electron chi connectivity index (χ2n) is 5.47. The van der Waals surface area contributed by atoms with Crippen molar-refractivity contribution < 1.29 is 13.3 Å². The molecule has 3 rings (SSSR count). The van der Waals surface area contributed by atoms with Gasteiger partial charge in [0.05, 0.1) is 6.54 Å². The number of para-hydroxylation sites is 2. The smallest absolute Gasteiger partial charge is 0.229 e. The Morgan fingerprint density at radius 1 is 1.05 bits per heavy atom. The summed E-state index contributed by atoms with van der Waals surface area (Å²) in [5.74, 6) is -1.12. The molecule has 0 amide bonds. The SMILES string of the molecule is CCCCC[n+]1cn(-c2ccc(F)cc2F)c2ccccc21. The molecule has 0 N–H and O–H groups in total. The first-order valence-corrected chi connectivity index (χ1v) is 7.65. The van der Waals surface area contributed by atoms with Crippen LogP contribution in [0.4, 0.5) is 8.78 Å². The number of aromatic nitrogens is 2. The van der Waals surface area contributed by atoms with E-state index in [0.29, 0.717) is 5.69 Å². The normalized spacial score (nSPS) is 11.2. The van der Waals surface area contributed by atoms with E-state index in [2.05, 4.69) is 11.5 Å². The van der Waals surface area contributed by atoms with E-state index in [-0.39, 0.29) is 0 Å². The zero-order valence-corrected chi connectivity index (χ0v) is 12.6. The molecule has 2 nitrogen and oxygen atoms in total. The van der Waals surface area contributed by atoms with Gasteiger partial charge in [0.1, 0.15) is 5.82 Å². The Morgan fingerprint density at radius 3 is 2.64 bits per heavy atom. The number of unbranched alkanes of at least 4 members (excludes halogenated alkanes) is 2. The molecule has 1 aromatic heterocycles. The van der Waals surface area contributed by atoms with Gasteiger partial charge in [-0.25, -0.2) is 13.3 Å². The van der Waals surface area contributed by atoms with E-state index in [1.807, 2.05) is 30.6 Å². The molecule has 22 heavy (non-hydrogen) atoms. The number of rotatable bonds is 5. The third-order valence-electron chi connectivity index (χ3n) is 3.88. The zero-order chi connectivity index (χ0) is 15.5. The molecule has 0 aliphatic heterocycles. The molecule has 0 aliphatic carbocycles. The molecule has 0 spiro atoms. The van der Waals surface area contributed by atoms with Crippen molar-refractivity contribution >= 4 is 11.0 Å². The van der Waals surface area contributed by atoms with E-state index < -0.39 is 11.6 Å². The number of imidazole rings is 1. The van der Waals surface area contributed by atoms with Crippen LogP contribution < -0.4 is 4.57 Å². The van der Waals surface area contributed by atoms with Gasteiger partial charge in [-0.15, -0.1) is 0 Å². The van der Waals surface area contributed by atoms with Crippen LogP contribution in [0.5, 0.6) is 0 Å². The van der Waals surface area contributed by atoms with Crippen LogP contribution in [0, 0.1) is 11.6 Å². The van der Waals surface area contributed by atoms with Crippen LogP contribution in [-0.4, -0.2) is 4.57 Å². The highest BCUT2D eigenvalue weighted by molar-refractivity contribution is 5.74. The average Bonchev–Trinajstić information content (AvgIpc) is 2.87. The van der Waals surface area contributed by atoms with Gasteiger partial charge in [0.2, 0.25) is 6.33 Å². The van der Waals surface area contributed by atoms with Crippen LogP contribution in [0.15, 0.2) is 48.8 Å². The monoisotopic (exact) mass is 301 g/mol. The topological polar surface area (TPSA) is 8.81 Å². The molecule has 2 aromatic carbocycles. The number of halogens is 2. The maximum atomic E-state index is 14.1. The van der Waals surface area contributed by atoms with Gasteiger partial charge in [0.25, 0.3) is 0 Å². The van der Waals surface area contributed by atoms with E-state index >= 15 is 0 Å². The molecule has 0 bridgehead atoms. The van der Waals surface area contributed by atoms with Crippen LogP contribution in [0.25, 0.3) is 16.7 Å². The Morgan fingerprint density at radius 2 is 1.86 bits per heavy atom. The lowest BCUT2D eigenvalue weighted by Crippen LogP contribution is -2.32. The van der Waals surface area contributed by atoms with Crippen LogP contribution in [0.1, 0.15) is 26.2 Å². The molecule has 0 unspecified atom stereocenters. The predicted octanol–water partition coefficient (Wildman–Crippen LogP) is 4.39. The Bertz CT molecular complexity index is 793. The summed E-state index contributed by atoms with van der Waals surface area (Å²) in [6, 6.07) is 11.6. The number of aryl methyl sites for hydroxylation is 1. The summed E-state index contributed by atoms with van der Waals surface area (Å²) in [4.78, 5) is 0. The van der Waals surface area contributed by atoms with Gasteiger partial charge in [-0.05, 0) is 37.1 Å². The Hall–Kier alpha value is -2.23. The van der Waals surface area contributed by atoms with Crippen molar-refractivity contribution in [2.45, 2.75) is 32.7 Å². The van der Waals surface area contributed by atoms with Gasteiger partial charge in [-0.2, -0.15) is 4.57 Å². The Kier molecular flexibility index (Phi) is 4.18. The molecule has 4 heteroatoms.